The Labute approximate surface area is 99.0 Å². The van der Waals surface area contributed by atoms with Gasteiger partial charge in [-0.15, -0.1) is 0 Å². The van der Waals surface area contributed by atoms with Crippen molar-refractivity contribution in [3.63, 3.8) is 0 Å². The normalized spacial score (nSPS) is 16.3. The van der Waals surface area contributed by atoms with Gasteiger partial charge in [-0.25, -0.2) is 4.98 Å². The van der Waals surface area contributed by atoms with Crippen molar-refractivity contribution in [2.75, 3.05) is 37.4 Å². The fourth-order valence-electron chi connectivity index (χ4n) is 1.76. The van der Waals surface area contributed by atoms with Crippen LogP contribution in [0.4, 0.5) is 11.5 Å². The van der Waals surface area contributed by atoms with E-state index in [2.05, 4.69) is 15.3 Å². The topological polar surface area (TPSA) is 93.4 Å². The lowest BCUT2D eigenvalue weighted by Crippen LogP contribution is -2.29. The van der Waals surface area contributed by atoms with Crippen LogP contribution in [0.5, 0.6) is 5.88 Å². The quantitative estimate of drug-likeness (QED) is 0.713. The summed E-state index contributed by atoms with van der Waals surface area (Å²) in [4.78, 5) is 21.3. The van der Waals surface area contributed by atoms with Gasteiger partial charge in [0.1, 0.15) is 12.0 Å². The van der Waals surface area contributed by atoms with Crippen molar-refractivity contribution in [2.45, 2.75) is 6.42 Å². The van der Waals surface area contributed by atoms with Crippen molar-refractivity contribution in [1.82, 2.24) is 15.3 Å². The van der Waals surface area contributed by atoms with Crippen LogP contribution in [0, 0.1) is 0 Å². The van der Waals surface area contributed by atoms with Gasteiger partial charge in [-0.2, -0.15) is 4.98 Å². The van der Waals surface area contributed by atoms with Crippen LogP contribution in [0.1, 0.15) is 6.42 Å². The van der Waals surface area contributed by atoms with Gasteiger partial charge in [-0.1, -0.05) is 0 Å². The van der Waals surface area contributed by atoms with Gasteiger partial charge in [-0.05, 0) is 0 Å². The minimum Gasteiger partial charge on any atom is -0.479 e. The third-order valence-electron chi connectivity index (χ3n) is 2.63. The molecule has 0 saturated carbocycles. The van der Waals surface area contributed by atoms with Crippen LogP contribution in [0.2, 0.25) is 0 Å². The van der Waals surface area contributed by atoms with Gasteiger partial charge < -0.3 is 20.7 Å². The molecule has 0 atom stereocenters. The summed E-state index contributed by atoms with van der Waals surface area (Å²) >= 11 is 0. The monoisotopic (exact) mass is 237 g/mol. The molecule has 0 bridgehead atoms. The van der Waals surface area contributed by atoms with Crippen molar-refractivity contribution in [3.8, 4) is 5.88 Å². The molecule has 0 aliphatic carbocycles. The maximum absolute atomic E-state index is 11.2. The number of rotatable bonds is 2. The van der Waals surface area contributed by atoms with Gasteiger partial charge in [0, 0.05) is 26.1 Å². The van der Waals surface area contributed by atoms with Gasteiger partial charge in [0.25, 0.3) is 0 Å². The number of nitrogens with two attached hydrogens (primary N) is 1. The molecule has 7 nitrogen and oxygen atoms in total. The second-order valence-electron chi connectivity index (χ2n) is 3.71. The molecule has 1 amide bonds. The van der Waals surface area contributed by atoms with E-state index in [1.807, 2.05) is 4.90 Å². The first kappa shape index (κ1) is 11.4. The van der Waals surface area contributed by atoms with E-state index in [9.17, 15) is 4.79 Å². The number of nitrogen functional groups attached to an aromatic ring is 1. The Morgan fingerprint density at radius 1 is 1.47 bits per heavy atom. The van der Waals surface area contributed by atoms with E-state index in [1.165, 1.54) is 13.4 Å². The Morgan fingerprint density at radius 2 is 2.29 bits per heavy atom. The summed E-state index contributed by atoms with van der Waals surface area (Å²) < 4.78 is 5.04. The van der Waals surface area contributed by atoms with E-state index in [0.717, 1.165) is 0 Å². The highest BCUT2D eigenvalue weighted by Gasteiger charge is 2.19. The number of carbonyl (C=O) groups is 1. The van der Waals surface area contributed by atoms with E-state index >= 15 is 0 Å². The van der Waals surface area contributed by atoms with Crippen LogP contribution >= 0.6 is 0 Å². The maximum atomic E-state index is 11.2. The van der Waals surface area contributed by atoms with Crippen LogP contribution in [-0.2, 0) is 4.79 Å². The zero-order valence-corrected chi connectivity index (χ0v) is 9.64. The van der Waals surface area contributed by atoms with Gasteiger partial charge in [-0.3, -0.25) is 4.79 Å². The number of nitrogens with zero attached hydrogens (tertiary/aromatic N) is 3. The highest BCUT2D eigenvalue weighted by atomic mass is 16.5. The van der Waals surface area contributed by atoms with Gasteiger partial charge in [0.2, 0.25) is 11.8 Å². The number of anilines is 2. The van der Waals surface area contributed by atoms with Crippen LogP contribution in [-0.4, -0.2) is 42.6 Å². The second-order valence-corrected chi connectivity index (χ2v) is 3.71. The number of carbonyl (C=O) groups excluding carboxylic acids is 1. The Hall–Kier alpha value is -2.05. The predicted octanol–water partition coefficient (Wildman–Crippen LogP) is -0.606. The molecule has 0 unspecified atom stereocenters. The fraction of sp³-hybridized carbons (Fsp3) is 0.500. The third kappa shape index (κ3) is 2.38. The number of hydrogen-bond donors (Lipinski definition) is 2. The van der Waals surface area contributed by atoms with E-state index in [0.29, 0.717) is 43.4 Å². The first-order chi connectivity index (χ1) is 8.22. The van der Waals surface area contributed by atoms with E-state index in [1.54, 1.807) is 0 Å². The van der Waals surface area contributed by atoms with Crippen molar-refractivity contribution >= 4 is 17.4 Å². The maximum Gasteiger partial charge on any atom is 0.242 e. The summed E-state index contributed by atoms with van der Waals surface area (Å²) in [6.45, 7) is 1.86. The SMILES string of the molecule is COc1ncnc(N2CCNC(=O)CC2)c1N. The number of nitrogens with one attached hydrogen (secondary N) is 1. The van der Waals surface area contributed by atoms with Crippen LogP contribution in [0.15, 0.2) is 6.33 Å². The zero-order valence-electron chi connectivity index (χ0n) is 9.64. The molecule has 1 fully saturated rings. The molecule has 2 rings (SSSR count). The molecule has 1 aromatic heterocycles. The smallest absolute Gasteiger partial charge is 0.242 e. The van der Waals surface area contributed by atoms with Crippen molar-refractivity contribution in [3.05, 3.63) is 6.33 Å². The minimum absolute atomic E-state index is 0.0482. The number of hydrogen-bond acceptors (Lipinski definition) is 6. The largest absolute Gasteiger partial charge is 0.479 e. The predicted molar refractivity (Wildman–Crippen MR) is 62.8 cm³/mol. The molecule has 0 radical (unpaired) electrons. The van der Waals surface area contributed by atoms with Crippen molar-refractivity contribution in [2.24, 2.45) is 0 Å². The average molecular weight is 237 g/mol. The Kier molecular flexibility index (Phi) is 3.27. The molecule has 17 heavy (non-hydrogen) atoms. The minimum atomic E-state index is 0.0482. The summed E-state index contributed by atoms with van der Waals surface area (Å²) in [5.41, 5.74) is 6.32. The lowest BCUT2D eigenvalue weighted by Gasteiger charge is -2.22. The lowest BCUT2D eigenvalue weighted by molar-refractivity contribution is -0.120. The molecule has 0 aromatic carbocycles. The zero-order chi connectivity index (χ0) is 12.3. The molecule has 3 N–H and O–H groups in total. The highest BCUT2D eigenvalue weighted by Crippen LogP contribution is 2.27. The Balaban J connectivity index is 2.24. The average Bonchev–Trinajstić information content (AvgIpc) is 2.54. The lowest BCUT2D eigenvalue weighted by atomic mass is 10.3. The third-order valence-corrected chi connectivity index (χ3v) is 2.63. The summed E-state index contributed by atoms with van der Waals surface area (Å²) in [7, 11) is 1.51. The molecule has 92 valence electrons. The molecule has 1 saturated heterocycles. The molecule has 0 spiro atoms. The van der Waals surface area contributed by atoms with E-state index in [-0.39, 0.29) is 5.91 Å². The molecular formula is C10H15N5O2. The van der Waals surface area contributed by atoms with Gasteiger partial charge in [0.15, 0.2) is 5.82 Å². The first-order valence-corrected chi connectivity index (χ1v) is 5.38. The fourth-order valence-corrected chi connectivity index (χ4v) is 1.76. The van der Waals surface area contributed by atoms with Crippen LogP contribution < -0.4 is 20.7 Å². The number of amides is 1. The van der Waals surface area contributed by atoms with Crippen molar-refractivity contribution in [1.29, 1.82) is 0 Å². The molecule has 7 heteroatoms. The Bertz CT molecular complexity index is 423. The van der Waals surface area contributed by atoms with Gasteiger partial charge >= 0.3 is 0 Å². The van der Waals surface area contributed by atoms with E-state index in [4.69, 9.17) is 10.5 Å². The summed E-state index contributed by atoms with van der Waals surface area (Å²) in [5.74, 6) is 1.03. The van der Waals surface area contributed by atoms with E-state index < -0.39 is 0 Å². The molecule has 1 aromatic rings. The second kappa shape index (κ2) is 4.86. The van der Waals surface area contributed by atoms with Crippen LogP contribution in [0.3, 0.4) is 0 Å². The summed E-state index contributed by atoms with van der Waals surface area (Å²) in [6.07, 6.45) is 1.84. The standard InChI is InChI=1S/C10H15N5O2/c1-17-10-8(11)9(13-6-14-10)15-4-2-7(16)12-3-5-15/h6H,2-5,11H2,1H3,(H,12,16). The number of methoxy groups -OCH3 is 1. The van der Waals surface area contributed by atoms with Gasteiger partial charge in [0.05, 0.1) is 7.11 Å². The number of aromatic nitrogens is 2. The molecular weight excluding hydrogens is 222 g/mol. The summed E-state index contributed by atoms with van der Waals surface area (Å²) in [5, 5.41) is 2.80. The van der Waals surface area contributed by atoms with Crippen molar-refractivity contribution < 1.29 is 9.53 Å². The van der Waals surface area contributed by atoms with Crippen LogP contribution in [0.25, 0.3) is 0 Å². The summed E-state index contributed by atoms with van der Waals surface area (Å²) in [6, 6.07) is 0. The Morgan fingerprint density at radius 3 is 3.06 bits per heavy atom. The molecule has 1 aliphatic rings. The molecule has 1 aliphatic heterocycles. The molecule has 2 heterocycles. The first-order valence-electron chi connectivity index (χ1n) is 5.38. The highest BCUT2D eigenvalue weighted by molar-refractivity contribution is 5.78. The number of ether oxygens (including phenoxy) is 1.